The van der Waals surface area contributed by atoms with Crippen molar-refractivity contribution in [2.45, 2.75) is 12.5 Å². The van der Waals surface area contributed by atoms with Crippen LogP contribution in [0.3, 0.4) is 0 Å². The van der Waals surface area contributed by atoms with Crippen molar-refractivity contribution in [2.75, 3.05) is 14.2 Å². The summed E-state index contributed by atoms with van der Waals surface area (Å²) < 4.78 is 4.41. The number of ether oxygens (including phenoxy) is 1. The molecule has 0 spiro atoms. The Morgan fingerprint density at radius 2 is 2.44 bits per heavy atom. The van der Waals surface area contributed by atoms with Crippen LogP contribution in [0.1, 0.15) is 6.42 Å². The van der Waals surface area contributed by atoms with Crippen molar-refractivity contribution in [3.05, 3.63) is 6.92 Å². The van der Waals surface area contributed by atoms with Crippen molar-refractivity contribution in [3.8, 4) is 0 Å². The predicted molar refractivity (Wildman–Crippen MR) is 33.8 cm³/mol. The van der Waals surface area contributed by atoms with Crippen LogP contribution in [0.4, 0.5) is 0 Å². The van der Waals surface area contributed by atoms with E-state index in [1.165, 1.54) is 7.11 Å². The van der Waals surface area contributed by atoms with Crippen LogP contribution in [-0.4, -0.2) is 26.2 Å². The van der Waals surface area contributed by atoms with Gasteiger partial charge in [-0.05, 0) is 20.4 Å². The molecule has 0 aromatic heterocycles. The summed E-state index contributed by atoms with van der Waals surface area (Å²) in [7, 11) is 3.00. The molecule has 1 N–H and O–H groups in total. The van der Waals surface area contributed by atoms with Crippen LogP contribution in [0.25, 0.3) is 0 Å². The summed E-state index contributed by atoms with van der Waals surface area (Å²) in [6, 6.07) is -0.366. The van der Waals surface area contributed by atoms with Gasteiger partial charge in [0.2, 0.25) is 0 Å². The quantitative estimate of drug-likeness (QED) is 0.538. The van der Waals surface area contributed by atoms with E-state index in [2.05, 4.69) is 10.1 Å². The minimum absolute atomic E-state index is 0.267. The van der Waals surface area contributed by atoms with Crippen molar-refractivity contribution < 1.29 is 9.53 Å². The van der Waals surface area contributed by atoms with Gasteiger partial charge in [0.25, 0.3) is 0 Å². The normalized spacial score (nSPS) is 12.8. The maximum Gasteiger partial charge on any atom is 0.322 e. The lowest BCUT2D eigenvalue weighted by atomic mass is 10.2. The molecule has 0 aliphatic rings. The van der Waals surface area contributed by atoms with Crippen LogP contribution in [0.15, 0.2) is 0 Å². The third kappa shape index (κ3) is 2.46. The van der Waals surface area contributed by atoms with E-state index in [-0.39, 0.29) is 18.4 Å². The number of hydrogen-bond donors (Lipinski definition) is 1. The molecule has 0 aliphatic heterocycles. The van der Waals surface area contributed by atoms with Gasteiger partial charge >= 0.3 is 5.97 Å². The number of esters is 1. The van der Waals surface area contributed by atoms with Crippen molar-refractivity contribution in [2.24, 2.45) is 0 Å². The molecule has 0 saturated carbocycles. The molecule has 0 aliphatic carbocycles. The maximum atomic E-state index is 10.6. The zero-order valence-corrected chi connectivity index (χ0v) is 5.68. The highest BCUT2D eigenvalue weighted by molar-refractivity contribution is 5.75. The van der Waals surface area contributed by atoms with Crippen LogP contribution in [-0.2, 0) is 9.53 Å². The number of carbonyl (C=O) groups excluding carboxylic acids is 1. The van der Waals surface area contributed by atoms with E-state index in [4.69, 9.17) is 6.92 Å². The first kappa shape index (κ1) is 8.43. The second-order valence-electron chi connectivity index (χ2n) is 1.60. The van der Waals surface area contributed by atoms with Crippen molar-refractivity contribution >= 4 is 5.97 Å². The molecule has 0 rings (SSSR count). The number of carbonyl (C=O) groups is 1. The molecule has 0 aromatic carbocycles. The fourth-order valence-corrected chi connectivity index (χ4v) is 0.474. The van der Waals surface area contributed by atoms with Crippen LogP contribution in [0, 0.1) is 6.92 Å². The monoisotopic (exact) mass is 129 g/mol. The molecule has 3 nitrogen and oxygen atoms in total. The number of methoxy groups -OCH3 is 1. The highest BCUT2D eigenvalue weighted by Gasteiger charge is 2.12. The van der Waals surface area contributed by atoms with Crippen LogP contribution in [0.2, 0.25) is 0 Å². The summed E-state index contributed by atoms with van der Waals surface area (Å²) in [4.78, 5) is 10.6. The molecule has 52 valence electrons. The Bertz CT molecular complexity index is 89.1. The summed E-state index contributed by atoms with van der Waals surface area (Å²) in [5.41, 5.74) is 0. The Labute approximate surface area is 55.4 Å². The van der Waals surface area contributed by atoms with Crippen molar-refractivity contribution in [1.29, 1.82) is 0 Å². The molecule has 2 radical (unpaired) electrons. The average molecular weight is 129 g/mol. The van der Waals surface area contributed by atoms with E-state index in [1.54, 1.807) is 7.05 Å². The second-order valence-corrected chi connectivity index (χ2v) is 1.60. The summed E-state index contributed by atoms with van der Waals surface area (Å²) in [5.74, 6) is -0.319. The van der Waals surface area contributed by atoms with Gasteiger partial charge in [0.15, 0.2) is 0 Å². The van der Waals surface area contributed by atoms with Crippen LogP contribution < -0.4 is 5.32 Å². The van der Waals surface area contributed by atoms with Crippen molar-refractivity contribution in [1.82, 2.24) is 5.32 Å². The first-order valence-corrected chi connectivity index (χ1v) is 2.71. The second kappa shape index (κ2) is 4.32. The van der Waals surface area contributed by atoms with E-state index < -0.39 is 0 Å². The van der Waals surface area contributed by atoms with E-state index >= 15 is 0 Å². The molecule has 9 heavy (non-hydrogen) atoms. The topological polar surface area (TPSA) is 38.3 Å². The molecule has 1 atom stereocenters. The number of hydrogen-bond acceptors (Lipinski definition) is 3. The van der Waals surface area contributed by atoms with Gasteiger partial charge in [-0.1, -0.05) is 0 Å². The molecule has 0 saturated heterocycles. The molecule has 0 heterocycles. The zero-order valence-electron chi connectivity index (χ0n) is 5.68. The third-order valence-electron chi connectivity index (χ3n) is 1.07. The lowest BCUT2D eigenvalue weighted by molar-refractivity contribution is -0.142. The smallest absolute Gasteiger partial charge is 0.322 e. The minimum atomic E-state index is -0.366. The molecular weight excluding hydrogens is 118 g/mol. The zero-order chi connectivity index (χ0) is 7.28. The summed E-state index contributed by atoms with van der Waals surface area (Å²) in [6.45, 7) is 5.20. The standard InChI is InChI=1S/C6H11NO2/c1-4-5(7-2)6(8)9-3/h1,5,7H,4H2,2-3H3. The summed E-state index contributed by atoms with van der Waals surface area (Å²) in [5, 5.41) is 2.70. The molecule has 0 aromatic rings. The highest BCUT2D eigenvalue weighted by Crippen LogP contribution is 1.90. The Hall–Kier alpha value is -0.570. The molecular formula is C6H11NO2. The molecule has 0 fully saturated rings. The number of nitrogens with one attached hydrogen (secondary N) is 1. The molecule has 0 bridgehead atoms. The van der Waals surface area contributed by atoms with Crippen molar-refractivity contribution in [3.63, 3.8) is 0 Å². The van der Waals surface area contributed by atoms with Crippen LogP contribution in [0.5, 0.6) is 0 Å². The van der Waals surface area contributed by atoms with Crippen LogP contribution >= 0.6 is 0 Å². The minimum Gasteiger partial charge on any atom is -0.468 e. The summed E-state index contributed by atoms with van der Waals surface area (Å²) >= 11 is 0. The fourth-order valence-electron chi connectivity index (χ4n) is 0.474. The Balaban J connectivity index is 3.64. The van der Waals surface area contributed by atoms with E-state index in [1.807, 2.05) is 0 Å². The lowest BCUT2D eigenvalue weighted by Gasteiger charge is -2.09. The van der Waals surface area contributed by atoms with E-state index in [0.717, 1.165) is 0 Å². The Morgan fingerprint density at radius 3 is 2.56 bits per heavy atom. The molecule has 1 unspecified atom stereocenters. The fraction of sp³-hybridized carbons (Fsp3) is 0.667. The predicted octanol–water partition coefficient (Wildman–Crippen LogP) is -0.151. The summed E-state index contributed by atoms with van der Waals surface area (Å²) in [6.07, 6.45) is 0.267. The lowest BCUT2D eigenvalue weighted by Crippen LogP contribution is -2.34. The van der Waals surface area contributed by atoms with Gasteiger partial charge in [-0.3, -0.25) is 4.79 Å². The number of rotatable bonds is 3. The SMILES string of the molecule is [CH]CC(NC)C(=O)OC. The van der Waals surface area contributed by atoms with Gasteiger partial charge in [0.05, 0.1) is 7.11 Å². The van der Waals surface area contributed by atoms with E-state index in [0.29, 0.717) is 0 Å². The van der Waals surface area contributed by atoms with Gasteiger partial charge in [0.1, 0.15) is 6.04 Å². The van der Waals surface area contributed by atoms with Gasteiger partial charge in [-0.25, -0.2) is 0 Å². The van der Waals surface area contributed by atoms with Gasteiger partial charge in [-0.2, -0.15) is 0 Å². The molecule has 0 amide bonds. The molecule has 3 heteroatoms. The first-order valence-electron chi connectivity index (χ1n) is 2.71. The van der Waals surface area contributed by atoms with Gasteiger partial charge in [-0.15, -0.1) is 0 Å². The third-order valence-corrected chi connectivity index (χ3v) is 1.07. The first-order chi connectivity index (χ1) is 4.26. The largest absolute Gasteiger partial charge is 0.468 e. The van der Waals surface area contributed by atoms with Gasteiger partial charge in [0, 0.05) is 0 Å². The highest BCUT2D eigenvalue weighted by atomic mass is 16.5. The Kier molecular flexibility index (Phi) is 4.05. The average Bonchev–Trinajstić information content (AvgIpc) is 1.90. The number of likely N-dealkylation sites (N-methyl/N-ethyl adjacent to an activating group) is 1. The maximum absolute atomic E-state index is 10.6. The Morgan fingerprint density at radius 1 is 1.89 bits per heavy atom. The van der Waals surface area contributed by atoms with Gasteiger partial charge < -0.3 is 10.1 Å². The van der Waals surface area contributed by atoms with E-state index in [9.17, 15) is 4.79 Å².